The van der Waals surface area contributed by atoms with Crippen LogP contribution in [0.5, 0.6) is 5.75 Å². The lowest BCUT2D eigenvalue weighted by Gasteiger charge is -2.30. The van der Waals surface area contributed by atoms with Crippen molar-refractivity contribution < 1.29 is 4.74 Å². The second-order valence-corrected chi connectivity index (χ2v) is 6.03. The summed E-state index contributed by atoms with van der Waals surface area (Å²) >= 11 is 0. The third-order valence-corrected chi connectivity index (χ3v) is 3.66. The summed E-state index contributed by atoms with van der Waals surface area (Å²) in [7, 11) is 0. The zero-order valence-electron chi connectivity index (χ0n) is 14.5. The van der Waals surface area contributed by atoms with Crippen molar-refractivity contribution >= 4 is 0 Å². The molecule has 1 aromatic carbocycles. The van der Waals surface area contributed by atoms with Crippen LogP contribution in [0.4, 0.5) is 0 Å². The SMILES string of the molecule is CCNC(CN(CC)C(C)C)c1ccc(OC(C)C)cc1. The highest BCUT2D eigenvalue weighted by atomic mass is 16.5. The van der Waals surface area contributed by atoms with Gasteiger partial charge in [-0.15, -0.1) is 0 Å². The molecule has 1 atom stereocenters. The van der Waals surface area contributed by atoms with Crippen LogP contribution in [-0.2, 0) is 0 Å². The number of hydrogen-bond acceptors (Lipinski definition) is 3. The molecule has 1 N–H and O–H groups in total. The summed E-state index contributed by atoms with van der Waals surface area (Å²) in [5, 5.41) is 3.60. The molecule has 0 heterocycles. The van der Waals surface area contributed by atoms with Gasteiger partial charge in [-0.25, -0.2) is 0 Å². The standard InChI is InChI=1S/C18H32N2O/c1-7-19-18(13-20(8-2)14(3)4)16-9-11-17(12-10-16)21-15(5)6/h9-12,14-15,18-19H,7-8,13H2,1-6H3. The van der Waals surface area contributed by atoms with Crippen LogP contribution in [0.3, 0.4) is 0 Å². The summed E-state index contributed by atoms with van der Waals surface area (Å²) in [5.41, 5.74) is 1.33. The van der Waals surface area contributed by atoms with Crippen molar-refractivity contribution in [1.82, 2.24) is 10.2 Å². The van der Waals surface area contributed by atoms with Gasteiger partial charge in [0.05, 0.1) is 6.10 Å². The van der Waals surface area contributed by atoms with Crippen molar-refractivity contribution in [2.24, 2.45) is 0 Å². The molecule has 21 heavy (non-hydrogen) atoms. The van der Waals surface area contributed by atoms with Gasteiger partial charge >= 0.3 is 0 Å². The van der Waals surface area contributed by atoms with Crippen LogP contribution in [0.2, 0.25) is 0 Å². The first-order valence-corrected chi connectivity index (χ1v) is 8.21. The highest BCUT2D eigenvalue weighted by Crippen LogP contribution is 2.20. The van der Waals surface area contributed by atoms with Crippen molar-refractivity contribution in [2.45, 2.75) is 59.7 Å². The Balaban J connectivity index is 2.79. The fourth-order valence-corrected chi connectivity index (χ4v) is 2.52. The fraction of sp³-hybridized carbons (Fsp3) is 0.667. The predicted octanol–water partition coefficient (Wildman–Crippen LogP) is 3.85. The Hall–Kier alpha value is -1.06. The molecule has 0 spiro atoms. The van der Waals surface area contributed by atoms with Gasteiger partial charge in [0, 0.05) is 18.6 Å². The third kappa shape index (κ3) is 6.06. The minimum atomic E-state index is 0.219. The molecule has 0 aliphatic heterocycles. The molecule has 120 valence electrons. The Labute approximate surface area is 130 Å². The van der Waals surface area contributed by atoms with E-state index in [1.54, 1.807) is 0 Å². The Morgan fingerprint density at radius 1 is 1.05 bits per heavy atom. The van der Waals surface area contributed by atoms with Crippen LogP contribution in [0.15, 0.2) is 24.3 Å². The number of rotatable bonds is 9. The van der Waals surface area contributed by atoms with E-state index >= 15 is 0 Å². The van der Waals surface area contributed by atoms with Crippen LogP contribution in [-0.4, -0.2) is 36.7 Å². The maximum absolute atomic E-state index is 5.72. The molecule has 0 amide bonds. The van der Waals surface area contributed by atoms with E-state index in [-0.39, 0.29) is 6.10 Å². The zero-order chi connectivity index (χ0) is 15.8. The molecule has 3 nitrogen and oxygen atoms in total. The minimum absolute atomic E-state index is 0.219. The smallest absolute Gasteiger partial charge is 0.119 e. The summed E-state index contributed by atoms with van der Waals surface area (Å²) in [5.74, 6) is 0.945. The number of likely N-dealkylation sites (N-methyl/N-ethyl adjacent to an activating group) is 2. The first kappa shape index (κ1) is 18.0. The van der Waals surface area contributed by atoms with E-state index in [0.29, 0.717) is 12.1 Å². The maximum atomic E-state index is 5.72. The van der Waals surface area contributed by atoms with Gasteiger partial charge in [-0.05, 0) is 58.5 Å². The van der Waals surface area contributed by atoms with Crippen LogP contribution in [0, 0.1) is 0 Å². The second-order valence-electron chi connectivity index (χ2n) is 6.03. The molecule has 0 aliphatic rings. The van der Waals surface area contributed by atoms with Gasteiger partial charge in [-0.3, -0.25) is 4.90 Å². The number of nitrogens with zero attached hydrogens (tertiary/aromatic N) is 1. The van der Waals surface area contributed by atoms with Crippen molar-refractivity contribution in [3.63, 3.8) is 0 Å². The van der Waals surface area contributed by atoms with E-state index in [0.717, 1.165) is 25.4 Å². The van der Waals surface area contributed by atoms with E-state index in [4.69, 9.17) is 4.74 Å². The molecule has 3 heteroatoms. The summed E-state index contributed by atoms with van der Waals surface area (Å²) < 4.78 is 5.72. The van der Waals surface area contributed by atoms with Crippen molar-refractivity contribution in [2.75, 3.05) is 19.6 Å². The van der Waals surface area contributed by atoms with Gasteiger partial charge in [0.2, 0.25) is 0 Å². The average molecular weight is 292 g/mol. The predicted molar refractivity (Wildman–Crippen MR) is 91.0 cm³/mol. The largest absolute Gasteiger partial charge is 0.491 e. The first-order valence-electron chi connectivity index (χ1n) is 8.21. The maximum Gasteiger partial charge on any atom is 0.119 e. The molecule has 0 bridgehead atoms. The molecular formula is C18H32N2O. The molecule has 0 aromatic heterocycles. The van der Waals surface area contributed by atoms with Crippen LogP contribution >= 0.6 is 0 Å². The molecule has 1 aromatic rings. The highest BCUT2D eigenvalue weighted by Gasteiger charge is 2.16. The van der Waals surface area contributed by atoms with Gasteiger partial charge in [0.1, 0.15) is 5.75 Å². The Bertz CT molecular complexity index is 387. The van der Waals surface area contributed by atoms with Gasteiger partial charge in [0.15, 0.2) is 0 Å². The van der Waals surface area contributed by atoms with E-state index in [1.807, 2.05) is 0 Å². The third-order valence-electron chi connectivity index (χ3n) is 3.66. The molecule has 1 rings (SSSR count). The second kappa shape index (κ2) is 9.06. The highest BCUT2D eigenvalue weighted by molar-refractivity contribution is 5.29. The lowest BCUT2D eigenvalue weighted by molar-refractivity contribution is 0.208. The van der Waals surface area contributed by atoms with Gasteiger partial charge in [-0.2, -0.15) is 0 Å². The number of ether oxygens (including phenoxy) is 1. The van der Waals surface area contributed by atoms with Crippen molar-refractivity contribution in [1.29, 1.82) is 0 Å². The topological polar surface area (TPSA) is 24.5 Å². The molecule has 0 saturated carbocycles. The molecular weight excluding hydrogens is 260 g/mol. The van der Waals surface area contributed by atoms with E-state index < -0.39 is 0 Å². The minimum Gasteiger partial charge on any atom is -0.491 e. The molecule has 0 aliphatic carbocycles. The number of benzene rings is 1. The Morgan fingerprint density at radius 3 is 2.10 bits per heavy atom. The molecule has 0 radical (unpaired) electrons. The average Bonchev–Trinajstić information content (AvgIpc) is 2.43. The van der Waals surface area contributed by atoms with E-state index in [1.165, 1.54) is 5.56 Å². The molecule has 0 fully saturated rings. The zero-order valence-corrected chi connectivity index (χ0v) is 14.5. The Kier molecular flexibility index (Phi) is 7.76. The number of hydrogen-bond donors (Lipinski definition) is 1. The van der Waals surface area contributed by atoms with Crippen LogP contribution in [0.25, 0.3) is 0 Å². The quantitative estimate of drug-likeness (QED) is 0.748. The lowest BCUT2D eigenvalue weighted by atomic mass is 10.1. The molecule has 1 unspecified atom stereocenters. The van der Waals surface area contributed by atoms with Gasteiger partial charge in [-0.1, -0.05) is 26.0 Å². The van der Waals surface area contributed by atoms with E-state index in [9.17, 15) is 0 Å². The normalized spacial score (nSPS) is 13.2. The number of nitrogens with one attached hydrogen (secondary N) is 1. The van der Waals surface area contributed by atoms with Gasteiger partial charge in [0.25, 0.3) is 0 Å². The fourth-order valence-electron chi connectivity index (χ4n) is 2.52. The first-order chi connectivity index (χ1) is 9.97. The molecule has 0 saturated heterocycles. The summed E-state index contributed by atoms with van der Waals surface area (Å²) in [6.07, 6.45) is 0.219. The van der Waals surface area contributed by atoms with Crippen molar-refractivity contribution in [3.05, 3.63) is 29.8 Å². The summed E-state index contributed by atoms with van der Waals surface area (Å²) in [6, 6.07) is 9.44. The Morgan fingerprint density at radius 2 is 1.67 bits per heavy atom. The van der Waals surface area contributed by atoms with Crippen molar-refractivity contribution in [3.8, 4) is 5.75 Å². The monoisotopic (exact) mass is 292 g/mol. The van der Waals surface area contributed by atoms with E-state index in [2.05, 4.69) is 76.0 Å². The van der Waals surface area contributed by atoms with Gasteiger partial charge < -0.3 is 10.1 Å². The van der Waals surface area contributed by atoms with Crippen LogP contribution < -0.4 is 10.1 Å². The summed E-state index contributed by atoms with van der Waals surface area (Å²) in [4.78, 5) is 2.49. The lowest BCUT2D eigenvalue weighted by Crippen LogP contribution is -2.39. The summed E-state index contributed by atoms with van der Waals surface area (Å²) in [6.45, 7) is 16.1. The van der Waals surface area contributed by atoms with Crippen LogP contribution in [0.1, 0.15) is 53.1 Å².